The molecule has 0 aliphatic rings. The standard InChI is InChI=1S/C14H22N2O3/c1-5-7-8-15-13(17)12-9(3)11(10(4)16-12)14(18)19-6-2/h16H,5-8H2,1-4H3,(H,15,17). The molecule has 19 heavy (non-hydrogen) atoms. The van der Waals surface area contributed by atoms with E-state index in [1.165, 1.54) is 0 Å². The SMILES string of the molecule is CCCCNC(=O)c1[nH]c(C)c(C(=O)OCC)c1C. The fraction of sp³-hybridized carbons (Fsp3) is 0.571. The van der Waals surface area contributed by atoms with Gasteiger partial charge >= 0.3 is 5.97 Å². The first-order chi connectivity index (χ1) is 9.02. The third kappa shape index (κ3) is 3.59. The lowest BCUT2D eigenvalue weighted by molar-refractivity contribution is 0.0525. The lowest BCUT2D eigenvalue weighted by Gasteiger charge is -2.04. The van der Waals surface area contributed by atoms with E-state index in [1.807, 2.05) is 0 Å². The fourth-order valence-electron chi connectivity index (χ4n) is 1.95. The molecule has 0 spiro atoms. The van der Waals surface area contributed by atoms with Crippen LogP contribution in [0.2, 0.25) is 0 Å². The Morgan fingerprint density at radius 1 is 1.26 bits per heavy atom. The van der Waals surface area contributed by atoms with Crippen molar-refractivity contribution >= 4 is 11.9 Å². The highest BCUT2D eigenvalue weighted by molar-refractivity contribution is 6.00. The van der Waals surface area contributed by atoms with Crippen molar-refractivity contribution in [1.29, 1.82) is 0 Å². The van der Waals surface area contributed by atoms with Gasteiger partial charge < -0.3 is 15.0 Å². The maximum absolute atomic E-state index is 12.0. The quantitative estimate of drug-likeness (QED) is 0.613. The van der Waals surface area contributed by atoms with Crippen LogP contribution < -0.4 is 5.32 Å². The number of esters is 1. The van der Waals surface area contributed by atoms with Gasteiger partial charge in [-0.25, -0.2) is 4.79 Å². The van der Waals surface area contributed by atoms with Gasteiger partial charge in [0.05, 0.1) is 12.2 Å². The minimum absolute atomic E-state index is 0.176. The number of hydrogen-bond acceptors (Lipinski definition) is 3. The van der Waals surface area contributed by atoms with Gasteiger partial charge in [0, 0.05) is 12.2 Å². The average Bonchev–Trinajstić information content (AvgIpc) is 2.65. The fourth-order valence-corrected chi connectivity index (χ4v) is 1.95. The van der Waals surface area contributed by atoms with Crippen LogP contribution in [-0.2, 0) is 4.74 Å². The molecule has 1 aromatic rings. The summed E-state index contributed by atoms with van der Waals surface area (Å²) in [5.74, 6) is -0.564. The number of H-pyrrole nitrogens is 1. The summed E-state index contributed by atoms with van der Waals surface area (Å²) in [5, 5.41) is 2.83. The number of carbonyl (C=O) groups is 2. The Bertz CT molecular complexity index is 464. The molecule has 0 atom stereocenters. The van der Waals surface area contributed by atoms with Gasteiger partial charge in [-0.2, -0.15) is 0 Å². The minimum atomic E-state index is -0.388. The van der Waals surface area contributed by atoms with E-state index in [1.54, 1.807) is 20.8 Å². The highest BCUT2D eigenvalue weighted by atomic mass is 16.5. The minimum Gasteiger partial charge on any atom is -0.462 e. The van der Waals surface area contributed by atoms with Crippen LogP contribution in [0.1, 0.15) is 58.8 Å². The molecule has 1 aromatic heterocycles. The predicted octanol–water partition coefficient (Wildman–Crippen LogP) is 2.34. The molecule has 1 heterocycles. The van der Waals surface area contributed by atoms with E-state index in [4.69, 9.17) is 4.74 Å². The predicted molar refractivity (Wildman–Crippen MR) is 73.5 cm³/mol. The second kappa shape index (κ2) is 6.97. The van der Waals surface area contributed by atoms with Gasteiger partial charge in [-0.3, -0.25) is 4.79 Å². The highest BCUT2D eigenvalue weighted by Crippen LogP contribution is 2.19. The Hall–Kier alpha value is -1.78. The van der Waals surface area contributed by atoms with Crippen molar-refractivity contribution < 1.29 is 14.3 Å². The van der Waals surface area contributed by atoms with Crippen molar-refractivity contribution in [3.63, 3.8) is 0 Å². The van der Waals surface area contributed by atoms with Crippen LogP contribution in [0.3, 0.4) is 0 Å². The number of rotatable bonds is 6. The van der Waals surface area contributed by atoms with Gasteiger partial charge in [-0.05, 0) is 32.8 Å². The summed E-state index contributed by atoms with van der Waals surface area (Å²) in [6.07, 6.45) is 1.96. The summed E-state index contributed by atoms with van der Waals surface area (Å²) < 4.78 is 4.99. The lowest BCUT2D eigenvalue weighted by atomic mass is 10.1. The summed E-state index contributed by atoms with van der Waals surface area (Å²) in [7, 11) is 0. The van der Waals surface area contributed by atoms with Crippen LogP contribution in [0.25, 0.3) is 0 Å². The van der Waals surface area contributed by atoms with E-state index < -0.39 is 0 Å². The number of aromatic amines is 1. The van der Waals surface area contributed by atoms with Gasteiger partial charge in [-0.15, -0.1) is 0 Å². The van der Waals surface area contributed by atoms with E-state index in [0.717, 1.165) is 12.8 Å². The van der Waals surface area contributed by atoms with Crippen LogP contribution in [0.15, 0.2) is 0 Å². The molecule has 0 fully saturated rings. The van der Waals surface area contributed by atoms with Crippen molar-refractivity contribution in [3.05, 3.63) is 22.5 Å². The second-order valence-electron chi connectivity index (χ2n) is 4.45. The van der Waals surface area contributed by atoms with Gasteiger partial charge in [0.1, 0.15) is 5.69 Å². The van der Waals surface area contributed by atoms with E-state index in [0.29, 0.717) is 35.7 Å². The molecular weight excluding hydrogens is 244 g/mol. The van der Waals surface area contributed by atoms with E-state index >= 15 is 0 Å². The molecule has 2 N–H and O–H groups in total. The summed E-state index contributed by atoms with van der Waals surface area (Å²) in [6.45, 7) is 8.30. The van der Waals surface area contributed by atoms with Crippen molar-refractivity contribution in [2.24, 2.45) is 0 Å². The smallest absolute Gasteiger partial charge is 0.340 e. The van der Waals surface area contributed by atoms with E-state index in [9.17, 15) is 9.59 Å². The van der Waals surface area contributed by atoms with E-state index in [2.05, 4.69) is 17.2 Å². The second-order valence-corrected chi connectivity index (χ2v) is 4.45. The molecule has 5 heteroatoms. The Morgan fingerprint density at radius 2 is 1.95 bits per heavy atom. The lowest BCUT2D eigenvalue weighted by Crippen LogP contribution is -2.25. The Labute approximate surface area is 113 Å². The number of carbonyl (C=O) groups excluding carboxylic acids is 2. The molecule has 0 aliphatic heterocycles. The normalized spacial score (nSPS) is 10.3. The maximum atomic E-state index is 12.0. The van der Waals surface area contributed by atoms with Gasteiger partial charge in [0.2, 0.25) is 0 Å². The third-order valence-corrected chi connectivity index (χ3v) is 2.96. The first kappa shape index (κ1) is 15.3. The molecule has 0 bridgehead atoms. The highest BCUT2D eigenvalue weighted by Gasteiger charge is 2.22. The third-order valence-electron chi connectivity index (χ3n) is 2.96. The zero-order valence-corrected chi connectivity index (χ0v) is 12.1. The average molecular weight is 266 g/mol. The van der Waals surface area contributed by atoms with Crippen molar-refractivity contribution in [2.75, 3.05) is 13.2 Å². The number of unbranched alkanes of at least 4 members (excludes halogenated alkanes) is 1. The number of ether oxygens (including phenoxy) is 1. The first-order valence-electron chi connectivity index (χ1n) is 6.67. The molecule has 0 saturated heterocycles. The van der Waals surface area contributed by atoms with Crippen LogP contribution in [0.5, 0.6) is 0 Å². The summed E-state index contributed by atoms with van der Waals surface area (Å²) >= 11 is 0. The zero-order chi connectivity index (χ0) is 14.4. The molecular formula is C14H22N2O3. The molecule has 0 radical (unpaired) electrons. The number of aryl methyl sites for hydroxylation is 1. The number of amides is 1. The molecule has 0 aromatic carbocycles. The monoisotopic (exact) mass is 266 g/mol. The Balaban J connectivity index is 2.89. The molecule has 0 unspecified atom stereocenters. The molecule has 5 nitrogen and oxygen atoms in total. The van der Waals surface area contributed by atoms with Gasteiger partial charge in [-0.1, -0.05) is 13.3 Å². The molecule has 0 aliphatic carbocycles. The molecule has 0 saturated carbocycles. The molecule has 106 valence electrons. The molecule has 1 rings (SSSR count). The van der Waals surface area contributed by atoms with Gasteiger partial charge in [0.25, 0.3) is 5.91 Å². The van der Waals surface area contributed by atoms with Crippen LogP contribution >= 0.6 is 0 Å². The Kier molecular flexibility index (Phi) is 5.60. The van der Waals surface area contributed by atoms with Gasteiger partial charge in [0.15, 0.2) is 0 Å². The van der Waals surface area contributed by atoms with E-state index in [-0.39, 0.29) is 11.9 Å². The van der Waals surface area contributed by atoms with Crippen LogP contribution in [-0.4, -0.2) is 30.0 Å². The topological polar surface area (TPSA) is 71.2 Å². The first-order valence-corrected chi connectivity index (χ1v) is 6.67. The van der Waals surface area contributed by atoms with Crippen LogP contribution in [0, 0.1) is 13.8 Å². The number of hydrogen-bond donors (Lipinski definition) is 2. The van der Waals surface area contributed by atoms with Crippen molar-refractivity contribution in [1.82, 2.24) is 10.3 Å². The zero-order valence-electron chi connectivity index (χ0n) is 12.1. The summed E-state index contributed by atoms with van der Waals surface area (Å²) in [5.41, 5.74) is 2.21. The van der Waals surface area contributed by atoms with Crippen LogP contribution in [0.4, 0.5) is 0 Å². The Morgan fingerprint density at radius 3 is 2.53 bits per heavy atom. The summed E-state index contributed by atoms with van der Waals surface area (Å²) in [4.78, 5) is 26.8. The largest absolute Gasteiger partial charge is 0.462 e. The maximum Gasteiger partial charge on any atom is 0.340 e. The van der Waals surface area contributed by atoms with Crippen molar-refractivity contribution in [3.8, 4) is 0 Å². The van der Waals surface area contributed by atoms with Crippen molar-refractivity contribution in [2.45, 2.75) is 40.5 Å². The number of nitrogens with one attached hydrogen (secondary N) is 2. The molecule has 1 amide bonds. The summed E-state index contributed by atoms with van der Waals surface area (Å²) in [6, 6.07) is 0. The number of aromatic nitrogens is 1.